The zero-order valence-corrected chi connectivity index (χ0v) is 15.4. The summed E-state index contributed by atoms with van der Waals surface area (Å²) in [6.45, 7) is 3.94. The van der Waals surface area contributed by atoms with E-state index in [0.717, 1.165) is 47.9 Å². The van der Waals surface area contributed by atoms with Gasteiger partial charge in [-0.2, -0.15) is 5.10 Å². The lowest BCUT2D eigenvalue weighted by molar-refractivity contribution is 0.102. The Morgan fingerprint density at radius 3 is 3.08 bits per heavy atom. The largest absolute Gasteiger partial charge is 0.321 e. The maximum absolute atomic E-state index is 12.5. The molecule has 1 aliphatic rings. The van der Waals surface area contributed by atoms with Crippen LogP contribution < -0.4 is 10.6 Å². The Morgan fingerprint density at radius 1 is 1.38 bits per heavy atom. The quantitative estimate of drug-likeness (QED) is 0.740. The molecule has 26 heavy (non-hydrogen) atoms. The van der Waals surface area contributed by atoms with E-state index in [1.54, 1.807) is 17.4 Å². The van der Waals surface area contributed by atoms with Crippen LogP contribution in [-0.2, 0) is 0 Å². The summed E-state index contributed by atoms with van der Waals surface area (Å²) in [4.78, 5) is 17.0. The lowest BCUT2D eigenvalue weighted by Gasteiger charge is -2.22. The highest BCUT2D eigenvalue weighted by Gasteiger charge is 2.18. The molecule has 0 spiro atoms. The van der Waals surface area contributed by atoms with Crippen molar-refractivity contribution in [3.05, 3.63) is 52.6 Å². The van der Waals surface area contributed by atoms with Crippen LogP contribution in [0.4, 0.5) is 5.69 Å². The Balaban J connectivity index is 1.47. The first-order valence-electron chi connectivity index (χ1n) is 8.79. The zero-order chi connectivity index (χ0) is 17.9. The van der Waals surface area contributed by atoms with Crippen molar-refractivity contribution in [2.24, 2.45) is 0 Å². The van der Waals surface area contributed by atoms with E-state index in [1.807, 2.05) is 47.4 Å². The molecule has 3 aromatic rings. The summed E-state index contributed by atoms with van der Waals surface area (Å²) < 4.78 is 1.90. The molecule has 1 amide bonds. The summed E-state index contributed by atoms with van der Waals surface area (Å²) >= 11 is 1.62. The minimum atomic E-state index is -0.195. The van der Waals surface area contributed by atoms with Crippen LogP contribution in [-0.4, -0.2) is 33.8 Å². The lowest BCUT2D eigenvalue weighted by Crippen LogP contribution is -2.32. The Labute approximate surface area is 156 Å². The predicted molar refractivity (Wildman–Crippen MR) is 104 cm³/mol. The van der Waals surface area contributed by atoms with E-state index < -0.39 is 0 Å². The van der Waals surface area contributed by atoms with Crippen molar-refractivity contribution < 1.29 is 4.79 Å². The van der Waals surface area contributed by atoms with Gasteiger partial charge in [0.05, 0.1) is 16.7 Å². The van der Waals surface area contributed by atoms with Crippen LogP contribution in [0.3, 0.4) is 0 Å². The first kappa shape index (κ1) is 16.9. The van der Waals surface area contributed by atoms with E-state index in [2.05, 4.69) is 20.7 Å². The second-order valence-electron chi connectivity index (χ2n) is 6.47. The molecule has 3 heterocycles. The summed E-state index contributed by atoms with van der Waals surface area (Å²) in [7, 11) is 0. The van der Waals surface area contributed by atoms with E-state index in [9.17, 15) is 4.79 Å². The minimum Gasteiger partial charge on any atom is -0.321 e. The van der Waals surface area contributed by atoms with Crippen LogP contribution in [0.15, 0.2) is 41.9 Å². The molecule has 1 saturated heterocycles. The predicted octanol–water partition coefficient (Wildman–Crippen LogP) is 3.49. The number of hydrogen-bond donors (Lipinski definition) is 2. The maximum Gasteiger partial charge on any atom is 0.276 e. The number of amides is 1. The van der Waals surface area contributed by atoms with Gasteiger partial charge in [-0.05, 0) is 44.5 Å². The van der Waals surface area contributed by atoms with Crippen molar-refractivity contribution in [2.45, 2.75) is 25.8 Å². The van der Waals surface area contributed by atoms with Gasteiger partial charge in [-0.3, -0.25) is 9.48 Å². The molecule has 2 N–H and O–H groups in total. The van der Waals surface area contributed by atoms with Gasteiger partial charge in [0, 0.05) is 29.4 Å². The van der Waals surface area contributed by atoms with E-state index in [0.29, 0.717) is 11.7 Å². The summed E-state index contributed by atoms with van der Waals surface area (Å²) in [6.07, 6.45) is 4.11. The normalized spacial score (nSPS) is 17.2. The Bertz CT molecular complexity index is 910. The van der Waals surface area contributed by atoms with Gasteiger partial charge >= 0.3 is 0 Å². The SMILES string of the molecule is Cc1nc(-c2cccc(NC(=O)c3ccn(C4CCCNC4)n3)c2)cs1. The van der Waals surface area contributed by atoms with Gasteiger partial charge in [0.25, 0.3) is 5.91 Å². The van der Waals surface area contributed by atoms with Gasteiger partial charge in [0.2, 0.25) is 0 Å². The molecule has 1 fully saturated rings. The number of hydrogen-bond acceptors (Lipinski definition) is 5. The zero-order valence-electron chi connectivity index (χ0n) is 14.6. The first-order chi connectivity index (χ1) is 12.7. The number of carbonyl (C=O) groups is 1. The number of aromatic nitrogens is 3. The van der Waals surface area contributed by atoms with E-state index in [1.165, 1.54) is 0 Å². The molecule has 0 aliphatic carbocycles. The number of rotatable bonds is 4. The van der Waals surface area contributed by atoms with Crippen LogP contribution >= 0.6 is 11.3 Å². The first-order valence-corrected chi connectivity index (χ1v) is 9.67. The minimum absolute atomic E-state index is 0.195. The molecular weight excluding hydrogens is 346 g/mol. The van der Waals surface area contributed by atoms with Crippen molar-refractivity contribution in [3.8, 4) is 11.3 Å². The van der Waals surface area contributed by atoms with E-state index >= 15 is 0 Å². The van der Waals surface area contributed by atoms with Crippen LogP contribution in [0, 0.1) is 6.92 Å². The fraction of sp³-hybridized carbons (Fsp3) is 0.316. The molecule has 0 bridgehead atoms. The fourth-order valence-corrected chi connectivity index (χ4v) is 3.79. The van der Waals surface area contributed by atoms with Gasteiger partial charge < -0.3 is 10.6 Å². The van der Waals surface area contributed by atoms with E-state index in [-0.39, 0.29) is 5.91 Å². The van der Waals surface area contributed by atoms with Crippen molar-refractivity contribution in [1.82, 2.24) is 20.1 Å². The Kier molecular flexibility index (Phi) is 4.81. The highest BCUT2D eigenvalue weighted by atomic mass is 32.1. The third kappa shape index (κ3) is 3.68. The average Bonchev–Trinajstić information content (AvgIpc) is 3.32. The van der Waals surface area contributed by atoms with Gasteiger partial charge in [-0.25, -0.2) is 4.98 Å². The fourth-order valence-electron chi connectivity index (χ4n) is 3.17. The molecule has 2 aromatic heterocycles. The summed E-state index contributed by atoms with van der Waals surface area (Å²) in [6, 6.07) is 9.83. The van der Waals surface area contributed by atoms with Gasteiger partial charge in [-0.15, -0.1) is 11.3 Å². The second-order valence-corrected chi connectivity index (χ2v) is 7.53. The van der Waals surface area contributed by atoms with E-state index in [4.69, 9.17) is 0 Å². The van der Waals surface area contributed by atoms with Crippen molar-refractivity contribution >= 4 is 22.9 Å². The number of anilines is 1. The van der Waals surface area contributed by atoms with Crippen molar-refractivity contribution in [3.63, 3.8) is 0 Å². The monoisotopic (exact) mass is 367 g/mol. The number of carbonyl (C=O) groups excluding carboxylic acids is 1. The number of nitrogens with zero attached hydrogens (tertiary/aromatic N) is 3. The number of nitrogens with one attached hydrogen (secondary N) is 2. The topological polar surface area (TPSA) is 71.8 Å². The number of thiazole rings is 1. The molecule has 134 valence electrons. The van der Waals surface area contributed by atoms with Crippen LogP contribution in [0.2, 0.25) is 0 Å². The second kappa shape index (κ2) is 7.39. The van der Waals surface area contributed by atoms with Crippen LogP contribution in [0.5, 0.6) is 0 Å². The average molecular weight is 367 g/mol. The molecule has 1 aliphatic heterocycles. The van der Waals surface area contributed by atoms with Gasteiger partial charge in [0.1, 0.15) is 0 Å². The molecule has 6 nitrogen and oxygen atoms in total. The molecule has 7 heteroatoms. The molecular formula is C19H21N5OS. The Hall–Kier alpha value is -2.51. The van der Waals surface area contributed by atoms with Gasteiger partial charge in [0.15, 0.2) is 5.69 Å². The van der Waals surface area contributed by atoms with Crippen molar-refractivity contribution in [2.75, 3.05) is 18.4 Å². The molecule has 1 aromatic carbocycles. The van der Waals surface area contributed by atoms with Crippen LogP contribution in [0.1, 0.15) is 34.4 Å². The van der Waals surface area contributed by atoms with Gasteiger partial charge in [-0.1, -0.05) is 12.1 Å². The highest BCUT2D eigenvalue weighted by Crippen LogP contribution is 2.24. The molecule has 0 radical (unpaired) electrons. The smallest absolute Gasteiger partial charge is 0.276 e. The molecule has 1 atom stereocenters. The molecule has 1 unspecified atom stereocenters. The van der Waals surface area contributed by atoms with Crippen molar-refractivity contribution in [1.29, 1.82) is 0 Å². The molecule has 4 rings (SSSR count). The summed E-state index contributed by atoms with van der Waals surface area (Å²) in [5, 5.41) is 13.8. The maximum atomic E-state index is 12.5. The standard InChI is InChI=1S/C19H21N5OS/c1-13-21-18(12-26-13)14-4-2-5-15(10-14)22-19(25)17-7-9-24(23-17)16-6-3-8-20-11-16/h2,4-5,7,9-10,12,16,20H,3,6,8,11H2,1H3,(H,22,25). The lowest BCUT2D eigenvalue weighted by atomic mass is 10.1. The third-order valence-electron chi connectivity index (χ3n) is 4.52. The highest BCUT2D eigenvalue weighted by molar-refractivity contribution is 7.09. The summed E-state index contributed by atoms with van der Waals surface area (Å²) in [5.41, 5.74) is 3.10. The Morgan fingerprint density at radius 2 is 2.31 bits per heavy atom. The van der Waals surface area contributed by atoms with Crippen LogP contribution in [0.25, 0.3) is 11.3 Å². The third-order valence-corrected chi connectivity index (χ3v) is 5.29. The number of piperidine rings is 1. The number of benzene rings is 1. The molecule has 0 saturated carbocycles. The number of aryl methyl sites for hydroxylation is 1. The summed E-state index contributed by atoms with van der Waals surface area (Å²) in [5.74, 6) is -0.195.